The Balaban J connectivity index is 2.70. The second-order valence-corrected chi connectivity index (χ2v) is 3.47. The minimum absolute atomic E-state index is 0.217. The predicted octanol–water partition coefficient (Wildman–Crippen LogP) is 2.18. The lowest BCUT2D eigenvalue weighted by Crippen LogP contribution is -2.54. The highest BCUT2D eigenvalue weighted by Crippen LogP contribution is 2.34. The summed E-state index contributed by atoms with van der Waals surface area (Å²) in [6, 6.07) is 8.16. The molecule has 1 unspecified atom stereocenters. The van der Waals surface area contributed by atoms with Gasteiger partial charge in [0, 0.05) is 13.7 Å². The summed E-state index contributed by atoms with van der Waals surface area (Å²) in [5, 5.41) is 1.84. The van der Waals surface area contributed by atoms with Crippen molar-refractivity contribution in [3.63, 3.8) is 0 Å². The van der Waals surface area contributed by atoms with Crippen LogP contribution in [0.5, 0.6) is 0 Å². The van der Waals surface area contributed by atoms with Crippen molar-refractivity contribution >= 4 is 5.91 Å². The molecule has 1 N–H and O–H groups in total. The minimum atomic E-state index is -5.43. The van der Waals surface area contributed by atoms with Crippen molar-refractivity contribution < 1.29 is 27.1 Å². The molecule has 0 heterocycles. The van der Waals surface area contributed by atoms with Gasteiger partial charge in [-0.05, 0) is 5.56 Å². The number of hydrogen-bond acceptors (Lipinski definition) is 2. The maximum atomic E-state index is 13.4. The zero-order chi connectivity index (χ0) is 13.8. The van der Waals surface area contributed by atoms with Gasteiger partial charge >= 0.3 is 12.0 Å². The molecule has 0 saturated carbocycles. The average molecular weight is 265 g/mol. The molecular weight excluding hydrogens is 254 g/mol. The van der Waals surface area contributed by atoms with Crippen molar-refractivity contribution in [2.24, 2.45) is 0 Å². The van der Waals surface area contributed by atoms with Gasteiger partial charge in [-0.1, -0.05) is 30.3 Å². The number of alkyl halides is 4. The Morgan fingerprint density at radius 3 is 2.22 bits per heavy atom. The molecule has 0 aromatic heterocycles. The molecule has 1 aromatic carbocycles. The quantitative estimate of drug-likeness (QED) is 0.847. The van der Waals surface area contributed by atoms with Gasteiger partial charge in [0.15, 0.2) is 0 Å². The van der Waals surface area contributed by atoms with E-state index >= 15 is 0 Å². The molecule has 0 aliphatic carbocycles. The molecule has 100 valence electrons. The molecule has 1 aromatic rings. The number of methoxy groups -OCH3 is 1. The van der Waals surface area contributed by atoms with Crippen LogP contribution in [0.4, 0.5) is 17.6 Å². The summed E-state index contributed by atoms with van der Waals surface area (Å²) in [7, 11) is 0.482. The molecule has 0 radical (unpaired) electrons. The van der Waals surface area contributed by atoms with Gasteiger partial charge in [0.05, 0.1) is 0 Å². The lowest BCUT2D eigenvalue weighted by Gasteiger charge is -2.24. The van der Waals surface area contributed by atoms with E-state index in [2.05, 4.69) is 4.74 Å². The summed E-state index contributed by atoms with van der Waals surface area (Å²) < 4.78 is 54.0. The molecule has 0 spiro atoms. The van der Waals surface area contributed by atoms with E-state index in [4.69, 9.17) is 0 Å². The third-order valence-electron chi connectivity index (χ3n) is 2.23. The Kier molecular flexibility index (Phi) is 4.28. The number of benzene rings is 1. The Hall–Kier alpha value is -1.63. The number of ether oxygens (including phenoxy) is 1. The Morgan fingerprint density at radius 2 is 1.78 bits per heavy atom. The summed E-state index contributed by atoms with van der Waals surface area (Å²) in [6.07, 6.45) is -5.43. The van der Waals surface area contributed by atoms with Crippen LogP contribution in [0.1, 0.15) is 5.56 Å². The van der Waals surface area contributed by atoms with Crippen LogP contribution in [0.3, 0.4) is 0 Å². The molecule has 7 heteroatoms. The summed E-state index contributed by atoms with van der Waals surface area (Å²) in [5.74, 6) is -6.21. The number of carbonyl (C=O) groups excluding carboxylic acids is 1. The number of rotatable bonds is 4. The first kappa shape index (κ1) is 14.4. The normalized spacial score (nSPS) is 14.9. The summed E-state index contributed by atoms with van der Waals surface area (Å²) in [4.78, 5) is 11.2. The first-order valence-corrected chi connectivity index (χ1v) is 4.94. The fourth-order valence-corrected chi connectivity index (χ4v) is 1.23. The number of halogens is 4. The molecule has 3 nitrogen and oxygen atoms in total. The monoisotopic (exact) mass is 265 g/mol. The van der Waals surface area contributed by atoms with Crippen molar-refractivity contribution in [1.82, 2.24) is 5.32 Å². The van der Waals surface area contributed by atoms with E-state index in [1.54, 1.807) is 30.3 Å². The van der Waals surface area contributed by atoms with Crippen LogP contribution in [0, 0.1) is 0 Å². The number of hydrogen-bond donors (Lipinski definition) is 1. The molecule has 1 rings (SSSR count). The highest BCUT2D eigenvalue weighted by atomic mass is 19.4. The SMILES string of the molecule is COC(F)(C(=O)NCc1ccccc1)C(F)(F)F. The van der Waals surface area contributed by atoms with E-state index in [9.17, 15) is 22.4 Å². The molecule has 18 heavy (non-hydrogen) atoms. The largest absolute Gasteiger partial charge is 0.458 e. The van der Waals surface area contributed by atoms with E-state index in [0.29, 0.717) is 12.7 Å². The fraction of sp³-hybridized carbons (Fsp3) is 0.364. The third kappa shape index (κ3) is 2.98. The van der Waals surface area contributed by atoms with Crippen LogP contribution in [0.2, 0.25) is 0 Å². The van der Waals surface area contributed by atoms with Crippen molar-refractivity contribution in [3.8, 4) is 0 Å². The zero-order valence-electron chi connectivity index (χ0n) is 9.42. The topological polar surface area (TPSA) is 38.3 Å². The smallest absolute Gasteiger partial charge is 0.347 e. The van der Waals surface area contributed by atoms with E-state index in [1.807, 2.05) is 5.32 Å². The van der Waals surface area contributed by atoms with Crippen molar-refractivity contribution in [1.29, 1.82) is 0 Å². The lowest BCUT2D eigenvalue weighted by molar-refractivity contribution is -0.307. The summed E-state index contributed by atoms with van der Waals surface area (Å²) >= 11 is 0. The molecule has 1 amide bonds. The standard InChI is InChI=1S/C11H11F4NO2/c1-18-10(12,11(13,14)15)9(17)16-7-8-5-3-2-4-6-8/h2-6H,7H2,1H3,(H,16,17). The van der Waals surface area contributed by atoms with Gasteiger partial charge in [0.1, 0.15) is 0 Å². The predicted molar refractivity (Wildman–Crippen MR) is 55.2 cm³/mol. The number of amides is 1. The van der Waals surface area contributed by atoms with Crippen molar-refractivity contribution in [2.75, 3.05) is 7.11 Å². The van der Waals surface area contributed by atoms with Crippen LogP contribution in [0.25, 0.3) is 0 Å². The van der Waals surface area contributed by atoms with Gasteiger partial charge in [0.25, 0.3) is 5.91 Å². The third-order valence-corrected chi connectivity index (χ3v) is 2.23. The minimum Gasteiger partial charge on any atom is -0.347 e. The van der Waals surface area contributed by atoms with Gasteiger partial charge in [-0.3, -0.25) is 4.79 Å². The first-order valence-electron chi connectivity index (χ1n) is 4.94. The Labute approximate surface area is 101 Å². The van der Waals surface area contributed by atoms with Crippen molar-refractivity contribution in [3.05, 3.63) is 35.9 Å². The van der Waals surface area contributed by atoms with Crippen LogP contribution in [-0.2, 0) is 16.1 Å². The zero-order valence-corrected chi connectivity index (χ0v) is 9.42. The lowest BCUT2D eigenvalue weighted by atomic mass is 10.2. The van der Waals surface area contributed by atoms with Gasteiger partial charge in [-0.25, -0.2) is 0 Å². The molecular formula is C11H11F4NO2. The van der Waals surface area contributed by atoms with E-state index < -0.39 is 17.9 Å². The highest BCUT2D eigenvalue weighted by molar-refractivity contribution is 5.84. The molecule has 0 fully saturated rings. The molecule has 0 bridgehead atoms. The number of nitrogens with one attached hydrogen (secondary N) is 1. The maximum Gasteiger partial charge on any atom is 0.458 e. The van der Waals surface area contributed by atoms with Crippen LogP contribution >= 0.6 is 0 Å². The van der Waals surface area contributed by atoms with Crippen LogP contribution in [-0.4, -0.2) is 25.0 Å². The van der Waals surface area contributed by atoms with Crippen LogP contribution < -0.4 is 5.32 Å². The summed E-state index contributed by atoms with van der Waals surface area (Å²) in [6.45, 7) is -0.217. The molecule has 0 saturated heterocycles. The fourth-order valence-electron chi connectivity index (χ4n) is 1.23. The second-order valence-electron chi connectivity index (χ2n) is 3.47. The van der Waals surface area contributed by atoms with E-state index in [0.717, 1.165) is 0 Å². The second kappa shape index (κ2) is 5.34. The summed E-state index contributed by atoms with van der Waals surface area (Å²) in [5.41, 5.74) is 0.548. The Morgan fingerprint density at radius 1 is 1.22 bits per heavy atom. The highest BCUT2D eigenvalue weighted by Gasteiger charge is 2.63. The van der Waals surface area contributed by atoms with Crippen molar-refractivity contribution in [2.45, 2.75) is 18.6 Å². The van der Waals surface area contributed by atoms with Gasteiger partial charge in [0.2, 0.25) is 0 Å². The van der Waals surface area contributed by atoms with Gasteiger partial charge in [-0.2, -0.15) is 17.6 Å². The first-order chi connectivity index (χ1) is 8.31. The number of carbonyl (C=O) groups is 1. The van der Waals surface area contributed by atoms with E-state index in [1.165, 1.54) is 0 Å². The molecule has 0 aliphatic rings. The molecule has 0 aliphatic heterocycles. The van der Waals surface area contributed by atoms with Gasteiger partial charge < -0.3 is 10.1 Å². The maximum absolute atomic E-state index is 13.4. The van der Waals surface area contributed by atoms with E-state index in [-0.39, 0.29) is 6.54 Å². The van der Waals surface area contributed by atoms with Gasteiger partial charge in [-0.15, -0.1) is 0 Å². The molecule has 1 atom stereocenters. The Bertz CT molecular complexity index is 407. The van der Waals surface area contributed by atoms with Crippen LogP contribution in [0.15, 0.2) is 30.3 Å². The average Bonchev–Trinajstić information content (AvgIpc) is 2.34.